The van der Waals surface area contributed by atoms with Gasteiger partial charge in [0, 0.05) is 12.2 Å². The zero-order valence-electron chi connectivity index (χ0n) is 16.1. The molecule has 0 unspecified atom stereocenters. The molecule has 1 heterocycles. The van der Waals surface area contributed by atoms with Crippen LogP contribution in [0.2, 0.25) is 0 Å². The quantitative estimate of drug-likeness (QED) is 0.485. The van der Waals surface area contributed by atoms with Crippen molar-refractivity contribution in [1.29, 1.82) is 0 Å². The molecule has 1 aromatic heterocycles. The molecule has 0 saturated carbocycles. The predicted octanol–water partition coefficient (Wildman–Crippen LogP) is 5.21. The van der Waals surface area contributed by atoms with Crippen molar-refractivity contribution >= 4 is 23.1 Å². The van der Waals surface area contributed by atoms with Crippen LogP contribution in [0, 0.1) is 5.82 Å². The highest BCUT2D eigenvalue weighted by atomic mass is 19.1. The molecule has 6 heteroatoms. The van der Waals surface area contributed by atoms with E-state index in [2.05, 4.69) is 15.3 Å². The standard InChI is InChI=1S/C24H19FN4O/c25-20-13-7-8-14-21(20)28-24(30)22-15-27-23(16-26-22)29(19-11-5-2-6-12-19)17-18-9-3-1-4-10-18/h1-16H,17H2,(H,28,30). The third-order valence-corrected chi connectivity index (χ3v) is 4.52. The molecule has 0 aliphatic carbocycles. The van der Waals surface area contributed by atoms with Crippen molar-refractivity contribution in [2.75, 3.05) is 10.2 Å². The fourth-order valence-corrected chi connectivity index (χ4v) is 3.01. The Labute approximate surface area is 173 Å². The highest BCUT2D eigenvalue weighted by molar-refractivity contribution is 6.02. The number of anilines is 3. The smallest absolute Gasteiger partial charge is 0.275 e. The third kappa shape index (κ3) is 4.50. The first kappa shape index (κ1) is 19.3. The fraction of sp³-hybridized carbons (Fsp3) is 0.0417. The Hall–Kier alpha value is -4.06. The van der Waals surface area contributed by atoms with Crippen LogP contribution >= 0.6 is 0 Å². The maximum atomic E-state index is 13.8. The minimum Gasteiger partial charge on any atom is -0.321 e. The number of halogens is 1. The van der Waals surface area contributed by atoms with E-state index in [1.54, 1.807) is 18.3 Å². The molecule has 30 heavy (non-hydrogen) atoms. The molecule has 0 aliphatic heterocycles. The summed E-state index contributed by atoms with van der Waals surface area (Å²) in [5.74, 6) is -0.422. The molecule has 0 saturated heterocycles. The maximum absolute atomic E-state index is 13.8. The average Bonchev–Trinajstić information content (AvgIpc) is 2.80. The van der Waals surface area contributed by atoms with Crippen molar-refractivity contribution in [3.63, 3.8) is 0 Å². The van der Waals surface area contributed by atoms with Gasteiger partial charge in [0.05, 0.1) is 18.1 Å². The highest BCUT2D eigenvalue weighted by Gasteiger charge is 2.15. The third-order valence-electron chi connectivity index (χ3n) is 4.52. The van der Waals surface area contributed by atoms with Gasteiger partial charge in [0.2, 0.25) is 0 Å². The lowest BCUT2D eigenvalue weighted by atomic mass is 10.2. The van der Waals surface area contributed by atoms with Crippen molar-refractivity contribution in [3.8, 4) is 0 Å². The molecule has 0 bridgehead atoms. The Kier molecular flexibility index (Phi) is 5.75. The molecule has 0 radical (unpaired) electrons. The fourth-order valence-electron chi connectivity index (χ4n) is 3.01. The number of nitrogens with one attached hydrogen (secondary N) is 1. The Morgan fingerprint density at radius 1 is 0.833 bits per heavy atom. The van der Waals surface area contributed by atoms with Gasteiger partial charge in [0.1, 0.15) is 11.5 Å². The molecule has 0 fully saturated rings. The molecule has 0 aliphatic rings. The SMILES string of the molecule is O=C(Nc1ccccc1F)c1cnc(N(Cc2ccccc2)c2ccccc2)cn1. The van der Waals surface area contributed by atoms with E-state index >= 15 is 0 Å². The Morgan fingerprint density at radius 2 is 1.50 bits per heavy atom. The van der Waals surface area contributed by atoms with Crippen molar-refractivity contribution in [2.45, 2.75) is 6.54 Å². The van der Waals surface area contributed by atoms with Gasteiger partial charge < -0.3 is 10.2 Å². The second kappa shape index (κ2) is 8.96. The van der Waals surface area contributed by atoms with Crippen LogP contribution in [0.4, 0.5) is 21.6 Å². The first-order chi connectivity index (χ1) is 14.7. The second-order valence-electron chi connectivity index (χ2n) is 6.60. The van der Waals surface area contributed by atoms with Gasteiger partial charge in [-0.2, -0.15) is 0 Å². The number of hydrogen-bond acceptors (Lipinski definition) is 4. The van der Waals surface area contributed by atoms with Crippen LogP contribution in [0.3, 0.4) is 0 Å². The highest BCUT2D eigenvalue weighted by Crippen LogP contribution is 2.25. The number of benzene rings is 3. The topological polar surface area (TPSA) is 58.1 Å². The summed E-state index contributed by atoms with van der Waals surface area (Å²) in [6, 6.07) is 25.9. The van der Waals surface area contributed by atoms with Gasteiger partial charge in [0.15, 0.2) is 5.82 Å². The lowest BCUT2D eigenvalue weighted by Crippen LogP contribution is -2.19. The summed E-state index contributed by atoms with van der Waals surface area (Å²) in [4.78, 5) is 23.1. The zero-order valence-corrected chi connectivity index (χ0v) is 16.1. The van der Waals surface area contributed by atoms with Gasteiger partial charge >= 0.3 is 0 Å². The monoisotopic (exact) mass is 398 g/mol. The average molecular weight is 398 g/mol. The second-order valence-corrected chi connectivity index (χ2v) is 6.60. The molecular weight excluding hydrogens is 379 g/mol. The van der Waals surface area contributed by atoms with Crippen LogP contribution < -0.4 is 10.2 Å². The van der Waals surface area contributed by atoms with E-state index in [-0.39, 0.29) is 11.4 Å². The van der Waals surface area contributed by atoms with Crippen LogP contribution in [0.25, 0.3) is 0 Å². The van der Waals surface area contributed by atoms with Crippen molar-refractivity contribution in [1.82, 2.24) is 9.97 Å². The summed E-state index contributed by atoms with van der Waals surface area (Å²) >= 11 is 0. The van der Waals surface area contributed by atoms with Crippen LogP contribution in [0.1, 0.15) is 16.1 Å². The summed E-state index contributed by atoms with van der Waals surface area (Å²) in [5, 5.41) is 2.52. The van der Waals surface area contributed by atoms with Gasteiger partial charge in [-0.05, 0) is 29.8 Å². The van der Waals surface area contributed by atoms with E-state index in [1.807, 2.05) is 65.6 Å². The summed E-state index contributed by atoms with van der Waals surface area (Å²) in [6.45, 7) is 0.598. The summed E-state index contributed by atoms with van der Waals surface area (Å²) < 4.78 is 13.8. The van der Waals surface area contributed by atoms with E-state index in [1.165, 1.54) is 18.3 Å². The van der Waals surface area contributed by atoms with Crippen LogP contribution in [0.5, 0.6) is 0 Å². The number of amides is 1. The van der Waals surface area contributed by atoms with Gasteiger partial charge in [-0.3, -0.25) is 4.79 Å². The minimum absolute atomic E-state index is 0.100. The number of carbonyl (C=O) groups excluding carboxylic acids is 1. The Bertz CT molecular complexity index is 1120. The first-order valence-corrected chi connectivity index (χ1v) is 9.45. The molecule has 0 spiro atoms. The minimum atomic E-state index is -0.520. The Morgan fingerprint density at radius 3 is 2.17 bits per heavy atom. The normalized spacial score (nSPS) is 10.4. The van der Waals surface area contributed by atoms with Crippen molar-refractivity contribution in [3.05, 3.63) is 114 Å². The van der Waals surface area contributed by atoms with E-state index in [0.29, 0.717) is 12.4 Å². The summed E-state index contributed by atoms with van der Waals surface area (Å²) in [5.41, 5.74) is 2.28. The number of rotatable bonds is 6. The lowest BCUT2D eigenvalue weighted by Gasteiger charge is -2.23. The first-order valence-electron chi connectivity index (χ1n) is 9.45. The van der Waals surface area contributed by atoms with E-state index < -0.39 is 11.7 Å². The number of nitrogens with zero attached hydrogens (tertiary/aromatic N) is 3. The zero-order chi connectivity index (χ0) is 20.8. The molecule has 1 N–H and O–H groups in total. The molecule has 4 rings (SSSR count). The maximum Gasteiger partial charge on any atom is 0.275 e. The molecule has 4 aromatic rings. The molecule has 3 aromatic carbocycles. The Balaban J connectivity index is 1.58. The molecule has 5 nitrogen and oxygen atoms in total. The lowest BCUT2D eigenvalue weighted by molar-refractivity contribution is 0.102. The van der Waals surface area contributed by atoms with E-state index in [0.717, 1.165) is 11.3 Å². The van der Waals surface area contributed by atoms with Gasteiger partial charge in [0.25, 0.3) is 5.91 Å². The van der Waals surface area contributed by atoms with E-state index in [4.69, 9.17) is 0 Å². The number of aromatic nitrogens is 2. The van der Waals surface area contributed by atoms with Gasteiger partial charge in [-0.25, -0.2) is 14.4 Å². The van der Waals surface area contributed by atoms with Gasteiger partial charge in [-0.1, -0.05) is 60.7 Å². The predicted molar refractivity (Wildman–Crippen MR) is 115 cm³/mol. The van der Waals surface area contributed by atoms with Crippen molar-refractivity contribution < 1.29 is 9.18 Å². The van der Waals surface area contributed by atoms with Crippen molar-refractivity contribution in [2.24, 2.45) is 0 Å². The molecular formula is C24H19FN4O. The number of hydrogen-bond donors (Lipinski definition) is 1. The van der Waals surface area contributed by atoms with Crippen LogP contribution in [-0.4, -0.2) is 15.9 Å². The molecule has 0 atom stereocenters. The van der Waals surface area contributed by atoms with Gasteiger partial charge in [-0.15, -0.1) is 0 Å². The largest absolute Gasteiger partial charge is 0.321 e. The van der Waals surface area contributed by atoms with Crippen LogP contribution in [0.15, 0.2) is 97.3 Å². The van der Waals surface area contributed by atoms with E-state index in [9.17, 15) is 9.18 Å². The number of carbonyl (C=O) groups is 1. The van der Waals surface area contributed by atoms with Crippen LogP contribution in [-0.2, 0) is 6.54 Å². The molecule has 148 valence electrons. The summed E-state index contributed by atoms with van der Waals surface area (Å²) in [6.07, 6.45) is 2.94. The number of para-hydroxylation sites is 2. The summed E-state index contributed by atoms with van der Waals surface area (Å²) in [7, 11) is 0. The molecule has 1 amide bonds.